The minimum absolute atomic E-state index is 0.0587. The maximum Gasteiger partial charge on any atom is 0.320 e. The van der Waals surface area contributed by atoms with E-state index >= 15 is 0 Å². The number of imidazole rings is 1. The number of carbonyl (C=O) groups is 1. The van der Waals surface area contributed by atoms with Crippen LogP contribution in [-0.2, 0) is 24.0 Å². The summed E-state index contributed by atoms with van der Waals surface area (Å²) in [6.07, 6.45) is 3.60. The molecule has 2 N–H and O–H groups in total. The van der Waals surface area contributed by atoms with E-state index in [4.69, 9.17) is 14.2 Å². The van der Waals surface area contributed by atoms with Crippen LogP contribution in [0.15, 0.2) is 49.1 Å². The summed E-state index contributed by atoms with van der Waals surface area (Å²) in [6.45, 7) is 4.08. The van der Waals surface area contributed by atoms with Crippen LogP contribution < -0.4 is 10.6 Å². The number of hydrogen-bond acceptors (Lipinski definition) is 9. The molecule has 2 aliphatic rings. The summed E-state index contributed by atoms with van der Waals surface area (Å²) >= 11 is 0. The lowest BCUT2D eigenvalue weighted by molar-refractivity contribution is -0.120. The minimum Gasteiger partial charge on any atom is -0.348 e. The highest BCUT2D eigenvalue weighted by atomic mass is 32.2. The van der Waals surface area contributed by atoms with Crippen molar-refractivity contribution in [1.82, 2.24) is 24.8 Å². The van der Waals surface area contributed by atoms with Crippen LogP contribution in [-0.4, -0.2) is 76.6 Å². The van der Waals surface area contributed by atoms with Crippen molar-refractivity contribution < 1.29 is 27.4 Å². The van der Waals surface area contributed by atoms with Crippen molar-refractivity contribution in [2.45, 2.75) is 51.1 Å². The maximum atomic E-state index is 12.7. The van der Waals surface area contributed by atoms with Gasteiger partial charge in [-0.2, -0.15) is 0 Å². The standard InChI is InChI=1S/C25H30N6O6S/c1-3-12-38(33,34)13-17-20-21(37-18(36-20)11-10-16-8-6-5-7-9-16)24(35-17)31-15-29-19-22(27-14-28-23(19)31)30-25(32)26-4-2/h5-11,14-15,17-18,20-21,24H,3-4,12-13H2,1-2H3,(H2,26,27,28,30,32)/b11-10+/t17-,18+,20-,21-,24-/m1/s1. The van der Waals surface area contributed by atoms with Gasteiger partial charge in [0.25, 0.3) is 0 Å². The Hall–Kier alpha value is -3.39. The van der Waals surface area contributed by atoms with Gasteiger partial charge in [-0.1, -0.05) is 43.3 Å². The molecule has 38 heavy (non-hydrogen) atoms. The molecule has 2 amide bonds. The number of benzene rings is 1. The smallest absolute Gasteiger partial charge is 0.320 e. The highest BCUT2D eigenvalue weighted by Crippen LogP contribution is 2.41. The maximum absolute atomic E-state index is 12.7. The molecule has 2 fully saturated rings. The number of rotatable bonds is 9. The van der Waals surface area contributed by atoms with E-state index in [9.17, 15) is 13.2 Å². The average Bonchev–Trinajstić information content (AvgIpc) is 3.58. The molecule has 1 aromatic carbocycles. The van der Waals surface area contributed by atoms with Crippen molar-refractivity contribution in [3.05, 3.63) is 54.6 Å². The van der Waals surface area contributed by atoms with Crippen LogP contribution in [0.4, 0.5) is 10.6 Å². The second-order valence-electron chi connectivity index (χ2n) is 9.05. The van der Waals surface area contributed by atoms with Crippen molar-refractivity contribution in [1.29, 1.82) is 0 Å². The first-order valence-electron chi connectivity index (χ1n) is 12.5. The summed E-state index contributed by atoms with van der Waals surface area (Å²) in [5, 5.41) is 5.31. The van der Waals surface area contributed by atoms with Crippen molar-refractivity contribution >= 4 is 38.9 Å². The summed E-state index contributed by atoms with van der Waals surface area (Å²) in [5.74, 6) is 0.106. The largest absolute Gasteiger partial charge is 0.348 e. The van der Waals surface area contributed by atoms with Crippen molar-refractivity contribution in [3.63, 3.8) is 0 Å². The fourth-order valence-corrected chi connectivity index (χ4v) is 6.21. The molecule has 0 aliphatic carbocycles. The van der Waals surface area contributed by atoms with Crippen LogP contribution in [0.25, 0.3) is 17.2 Å². The Balaban J connectivity index is 1.44. The van der Waals surface area contributed by atoms with Gasteiger partial charge >= 0.3 is 6.03 Å². The van der Waals surface area contributed by atoms with Gasteiger partial charge in [-0.3, -0.25) is 9.88 Å². The van der Waals surface area contributed by atoms with Crippen LogP contribution >= 0.6 is 0 Å². The van der Waals surface area contributed by atoms with E-state index in [2.05, 4.69) is 25.6 Å². The number of carbonyl (C=O) groups excluding carboxylic acids is 1. The van der Waals surface area contributed by atoms with Gasteiger partial charge in [0, 0.05) is 6.54 Å². The molecule has 0 spiro atoms. The third-order valence-corrected chi connectivity index (χ3v) is 8.12. The second-order valence-corrected chi connectivity index (χ2v) is 11.3. The molecule has 13 heteroatoms. The SMILES string of the molecule is CCCS(=O)(=O)C[C@H]1O[C@@H](n2cnc3c(NC(=O)NCC)ncnc32)[C@@H]2O[C@@H](/C=C/c3ccccc3)O[C@@H]21. The van der Waals surface area contributed by atoms with Gasteiger partial charge < -0.3 is 19.5 Å². The molecular formula is C25H30N6O6S. The molecule has 0 unspecified atom stereocenters. The van der Waals surface area contributed by atoms with Crippen LogP contribution in [0.5, 0.6) is 0 Å². The predicted molar refractivity (Wildman–Crippen MR) is 140 cm³/mol. The summed E-state index contributed by atoms with van der Waals surface area (Å²) in [5.41, 5.74) is 1.75. The van der Waals surface area contributed by atoms with Gasteiger partial charge in [0.2, 0.25) is 0 Å². The Morgan fingerprint density at radius 1 is 1.08 bits per heavy atom. The lowest BCUT2D eigenvalue weighted by Gasteiger charge is -2.20. The monoisotopic (exact) mass is 542 g/mol. The van der Waals surface area contributed by atoms with Crippen molar-refractivity contribution in [2.24, 2.45) is 0 Å². The molecule has 202 valence electrons. The number of sulfone groups is 1. The van der Waals surface area contributed by atoms with Gasteiger partial charge in [0.05, 0.1) is 17.8 Å². The number of anilines is 1. The first-order chi connectivity index (χ1) is 18.4. The second kappa shape index (κ2) is 11.2. The highest BCUT2D eigenvalue weighted by Gasteiger charge is 2.54. The summed E-state index contributed by atoms with van der Waals surface area (Å²) in [4.78, 5) is 24.9. The Bertz CT molecular complexity index is 1410. The Morgan fingerprint density at radius 2 is 1.87 bits per heavy atom. The number of nitrogens with zero attached hydrogens (tertiary/aromatic N) is 4. The molecule has 0 saturated carbocycles. The molecule has 4 heterocycles. The summed E-state index contributed by atoms with van der Waals surface area (Å²) in [7, 11) is -3.37. The van der Waals surface area contributed by atoms with Gasteiger partial charge in [0.1, 0.15) is 24.6 Å². The zero-order valence-corrected chi connectivity index (χ0v) is 21.9. The van der Waals surface area contributed by atoms with Gasteiger partial charge in [-0.15, -0.1) is 0 Å². The summed E-state index contributed by atoms with van der Waals surface area (Å²) < 4.78 is 45.7. The van der Waals surface area contributed by atoms with Gasteiger partial charge in [0.15, 0.2) is 39.3 Å². The molecule has 0 bridgehead atoms. The number of ether oxygens (including phenoxy) is 3. The molecular weight excluding hydrogens is 512 g/mol. The van der Waals surface area contributed by atoms with Gasteiger partial charge in [-0.25, -0.2) is 28.2 Å². The van der Waals surface area contributed by atoms with Crippen LogP contribution in [0, 0.1) is 0 Å². The average molecular weight is 543 g/mol. The summed E-state index contributed by atoms with van der Waals surface area (Å²) in [6, 6.07) is 9.31. The Kier molecular flexibility index (Phi) is 7.70. The number of hydrogen-bond donors (Lipinski definition) is 2. The normalized spacial score (nSPS) is 25.2. The first kappa shape index (κ1) is 26.2. The molecule has 0 radical (unpaired) electrons. The molecule has 5 atom stereocenters. The molecule has 3 aromatic rings. The third-order valence-electron chi connectivity index (χ3n) is 6.25. The van der Waals surface area contributed by atoms with Gasteiger partial charge in [-0.05, 0) is 25.0 Å². The first-order valence-corrected chi connectivity index (χ1v) is 14.3. The molecule has 2 saturated heterocycles. The van der Waals surface area contributed by atoms with E-state index in [0.29, 0.717) is 24.1 Å². The fourth-order valence-electron chi connectivity index (χ4n) is 4.65. The molecule has 2 aliphatic heterocycles. The number of amides is 2. The molecule has 5 rings (SSSR count). The van der Waals surface area contributed by atoms with Crippen LogP contribution in [0.2, 0.25) is 0 Å². The number of nitrogens with one attached hydrogen (secondary N) is 2. The topological polar surface area (TPSA) is 147 Å². The van der Waals surface area contributed by atoms with E-state index in [1.807, 2.05) is 43.3 Å². The van der Waals surface area contributed by atoms with Crippen molar-refractivity contribution in [2.75, 3.05) is 23.4 Å². The van der Waals surface area contributed by atoms with E-state index in [1.54, 1.807) is 17.6 Å². The van der Waals surface area contributed by atoms with E-state index in [-0.39, 0.29) is 17.3 Å². The third kappa shape index (κ3) is 5.55. The van der Waals surface area contributed by atoms with Crippen molar-refractivity contribution in [3.8, 4) is 0 Å². The zero-order valence-electron chi connectivity index (χ0n) is 21.1. The lowest BCUT2D eigenvalue weighted by atomic mass is 10.1. The number of fused-ring (bicyclic) bond motifs is 2. The Morgan fingerprint density at radius 3 is 2.63 bits per heavy atom. The quantitative estimate of drug-likeness (QED) is 0.416. The van der Waals surface area contributed by atoms with Crippen LogP contribution in [0.1, 0.15) is 32.1 Å². The molecule has 2 aromatic heterocycles. The van der Waals surface area contributed by atoms with E-state index in [1.165, 1.54) is 12.7 Å². The number of aromatic nitrogens is 4. The lowest BCUT2D eigenvalue weighted by Crippen LogP contribution is -2.34. The highest BCUT2D eigenvalue weighted by molar-refractivity contribution is 7.91. The minimum atomic E-state index is -3.37. The van der Waals surface area contributed by atoms with Crippen LogP contribution in [0.3, 0.4) is 0 Å². The predicted octanol–water partition coefficient (Wildman–Crippen LogP) is 2.51. The fraction of sp³-hybridized carbons (Fsp3) is 0.440. The zero-order chi connectivity index (χ0) is 26.7. The van der Waals surface area contributed by atoms with E-state index < -0.39 is 46.7 Å². The Labute approximate surface area is 220 Å². The molecule has 12 nitrogen and oxygen atoms in total. The number of urea groups is 1. The van der Waals surface area contributed by atoms with E-state index in [0.717, 1.165) is 5.56 Å².